The predicted octanol–water partition coefficient (Wildman–Crippen LogP) is 5.21. The van der Waals surface area contributed by atoms with Crippen molar-refractivity contribution in [1.29, 1.82) is 0 Å². The zero-order chi connectivity index (χ0) is 18.0. The first-order chi connectivity index (χ1) is 11.6. The Bertz CT molecular complexity index is 353. The number of rotatable bonds is 17. The Balaban J connectivity index is 3.42. The number of hydrogen-bond acceptors (Lipinski definition) is 2. The van der Waals surface area contributed by atoms with Crippen molar-refractivity contribution in [3.8, 4) is 0 Å². The predicted molar refractivity (Wildman–Crippen MR) is 99.8 cm³/mol. The molecule has 24 heavy (non-hydrogen) atoms. The number of carbonyl (C=O) groups excluding carboxylic acids is 1. The van der Waals surface area contributed by atoms with Gasteiger partial charge in [-0.2, -0.15) is 0 Å². The Labute approximate surface area is 147 Å². The molecule has 0 aliphatic rings. The molecule has 3 N–H and O–H groups in total. The van der Waals surface area contributed by atoms with E-state index < -0.39 is 17.8 Å². The second-order valence-corrected chi connectivity index (χ2v) is 6.72. The topological polar surface area (TPSA) is 80.4 Å². The molecule has 0 aliphatic heterocycles. The van der Waals surface area contributed by atoms with Crippen LogP contribution in [0.1, 0.15) is 96.8 Å². The summed E-state index contributed by atoms with van der Waals surface area (Å²) in [6.45, 7) is 2.24. The summed E-state index contributed by atoms with van der Waals surface area (Å²) in [5.74, 6) is -1.95. The van der Waals surface area contributed by atoms with Gasteiger partial charge in [0.1, 0.15) is 0 Å². The lowest BCUT2D eigenvalue weighted by molar-refractivity contribution is -0.140. The molecule has 1 amide bonds. The zero-order valence-corrected chi connectivity index (χ0v) is 15.5. The van der Waals surface area contributed by atoms with Crippen molar-refractivity contribution in [2.45, 2.75) is 96.8 Å². The van der Waals surface area contributed by atoms with Crippen molar-refractivity contribution in [3.63, 3.8) is 0 Å². The summed E-state index contributed by atoms with van der Waals surface area (Å²) < 4.78 is 0. The number of carboxylic acid groups (broad SMARTS) is 1. The van der Waals surface area contributed by atoms with Crippen LogP contribution in [0.25, 0.3) is 0 Å². The fourth-order valence-corrected chi connectivity index (χ4v) is 2.84. The number of carboxylic acids is 1. The standard InChI is InChI=1S/C20H37NO3/c1-2-3-4-5-6-7-8-9-10-11-12-13-14-15-16-18(20(21)24)17-19(22)23/h9-10,18H,2-8,11-17H2,1H3,(H2,21,24)(H,22,23)/b10-9-. The summed E-state index contributed by atoms with van der Waals surface area (Å²) in [7, 11) is 0. The van der Waals surface area contributed by atoms with Gasteiger partial charge in [0.2, 0.25) is 5.91 Å². The first-order valence-corrected chi connectivity index (χ1v) is 9.74. The highest BCUT2D eigenvalue weighted by atomic mass is 16.4. The molecule has 1 unspecified atom stereocenters. The van der Waals surface area contributed by atoms with E-state index in [9.17, 15) is 9.59 Å². The van der Waals surface area contributed by atoms with E-state index in [1.54, 1.807) is 0 Å². The Morgan fingerprint density at radius 3 is 1.88 bits per heavy atom. The van der Waals surface area contributed by atoms with Crippen LogP contribution in [-0.4, -0.2) is 17.0 Å². The molecular weight excluding hydrogens is 302 g/mol. The smallest absolute Gasteiger partial charge is 0.304 e. The summed E-state index contributed by atoms with van der Waals surface area (Å²) in [4.78, 5) is 21.8. The third-order valence-corrected chi connectivity index (χ3v) is 4.39. The van der Waals surface area contributed by atoms with E-state index in [0.717, 1.165) is 32.1 Å². The van der Waals surface area contributed by atoms with E-state index in [1.807, 2.05) is 0 Å². The van der Waals surface area contributed by atoms with Crippen LogP contribution in [0.5, 0.6) is 0 Å². The molecule has 0 aromatic rings. The molecule has 0 fully saturated rings. The van der Waals surface area contributed by atoms with Gasteiger partial charge >= 0.3 is 5.97 Å². The van der Waals surface area contributed by atoms with Gasteiger partial charge < -0.3 is 10.8 Å². The van der Waals surface area contributed by atoms with Gasteiger partial charge in [0.15, 0.2) is 0 Å². The number of carbonyl (C=O) groups is 2. The third-order valence-electron chi connectivity index (χ3n) is 4.39. The number of allylic oxidation sites excluding steroid dienone is 2. The van der Waals surface area contributed by atoms with Gasteiger partial charge in [-0.1, -0.05) is 70.4 Å². The summed E-state index contributed by atoms with van der Waals surface area (Å²) in [6, 6.07) is 0. The van der Waals surface area contributed by atoms with Crippen LogP contribution >= 0.6 is 0 Å². The van der Waals surface area contributed by atoms with Crippen LogP contribution in [0.15, 0.2) is 12.2 Å². The lowest BCUT2D eigenvalue weighted by Crippen LogP contribution is -2.25. The van der Waals surface area contributed by atoms with E-state index >= 15 is 0 Å². The number of amides is 1. The summed E-state index contributed by atoms with van der Waals surface area (Å²) in [6.07, 6.45) is 19.6. The molecule has 0 aromatic carbocycles. The van der Waals surface area contributed by atoms with Crippen LogP contribution in [0.2, 0.25) is 0 Å². The minimum atomic E-state index is -0.950. The SMILES string of the molecule is CCCCCCCC/C=C\CCCCCCC(CC(=O)O)C(N)=O. The summed E-state index contributed by atoms with van der Waals surface area (Å²) in [5.41, 5.74) is 5.23. The van der Waals surface area contributed by atoms with Gasteiger partial charge in [0.05, 0.1) is 6.42 Å². The Hall–Kier alpha value is -1.32. The monoisotopic (exact) mass is 339 g/mol. The first-order valence-electron chi connectivity index (χ1n) is 9.74. The van der Waals surface area contributed by atoms with Crippen LogP contribution < -0.4 is 5.73 Å². The van der Waals surface area contributed by atoms with E-state index in [2.05, 4.69) is 19.1 Å². The van der Waals surface area contributed by atoms with Crippen molar-refractivity contribution in [1.82, 2.24) is 0 Å². The molecule has 0 saturated heterocycles. The molecule has 1 atom stereocenters. The maximum atomic E-state index is 11.1. The van der Waals surface area contributed by atoms with Crippen LogP contribution in [0, 0.1) is 5.92 Å². The van der Waals surface area contributed by atoms with Crippen LogP contribution in [0.4, 0.5) is 0 Å². The van der Waals surface area contributed by atoms with E-state index in [0.29, 0.717) is 6.42 Å². The molecule has 0 heterocycles. The molecule has 4 heteroatoms. The van der Waals surface area contributed by atoms with Crippen molar-refractivity contribution in [2.24, 2.45) is 11.7 Å². The maximum Gasteiger partial charge on any atom is 0.304 e. The van der Waals surface area contributed by atoms with Crippen molar-refractivity contribution >= 4 is 11.9 Å². The number of unbranched alkanes of at least 4 members (excludes halogenated alkanes) is 10. The second kappa shape index (κ2) is 16.5. The number of nitrogens with two attached hydrogens (primary N) is 1. The molecule has 0 aliphatic carbocycles. The highest BCUT2D eigenvalue weighted by molar-refractivity contribution is 5.81. The van der Waals surface area contributed by atoms with E-state index in [4.69, 9.17) is 10.8 Å². The Morgan fingerprint density at radius 2 is 1.38 bits per heavy atom. The summed E-state index contributed by atoms with van der Waals surface area (Å²) in [5, 5.41) is 8.73. The normalized spacial score (nSPS) is 12.5. The molecule has 0 spiro atoms. The van der Waals surface area contributed by atoms with Gasteiger partial charge in [-0.15, -0.1) is 0 Å². The first kappa shape index (κ1) is 22.7. The Kier molecular flexibility index (Phi) is 15.6. The van der Waals surface area contributed by atoms with E-state index in [1.165, 1.54) is 44.9 Å². The average Bonchev–Trinajstić information content (AvgIpc) is 2.53. The van der Waals surface area contributed by atoms with Crippen LogP contribution in [-0.2, 0) is 9.59 Å². The second-order valence-electron chi connectivity index (χ2n) is 6.72. The minimum Gasteiger partial charge on any atom is -0.481 e. The maximum absolute atomic E-state index is 11.1. The van der Waals surface area contributed by atoms with Crippen molar-refractivity contribution in [2.75, 3.05) is 0 Å². The highest BCUT2D eigenvalue weighted by Crippen LogP contribution is 2.15. The van der Waals surface area contributed by atoms with Gasteiger partial charge in [0, 0.05) is 5.92 Å². The molecule has 0 saturated carbocycles. The zero-order valence-electron chi connectivity index (χ0n) is 15.5. The minimum absolute atomic E-state index is 0.142. The van der Waals surface area contributed by atoms with Gasteiger partial charge in [0.25, 0.3) is 0 Å². The van der Waals surface area contributed by atoms with Crippen LogP contribution in [0.3, 0.4) is 0 Å². The number of aliphatic carboxylic acids is 1. The highest BCUT2D eigenvalue weighted by Gasteiger charge is 2.18. The molecule has 0 radical (unpaired) electrons. The molecule has 0 aromatic heterocycles. The number of primary amides is 1. The lowest BCUT2D eigenvalue weighted by atomic mass is 9.96. The Morgan fingerprint density at radius 1 is 0.875 bits per heavy atom. The molecular formula is C20H37NO3. The van der Waals surface area contributed by atoms with Crippen molar-refractivity contribution < 1.29 is 14.7 Å². The molecule has 4 nitrogen and oxygen atoms in total. The van der Waals surface area contributed by atoms with Gasteiger partial charge in [-0.05, 0) is 32.1 Å². The fraction of sp³-hybridized carbons (Fsp3) is 0.800. The van der Waals surface area contributed by atoms with E-state index in [-0.39, 0.29) is 6.42 Å². The molecule has 0 rings (SSSR count). The van der Waals surface area contributed by atoms with Gasteiger partial charge in [-0.3, -0.25) is 9.59 Å². The molecule has 0 bridgehead atoms. The average molecular weight is 340 g/mol. The lowest BCUT2D eigenvalue weighted by Gasteiger charge is -2.10. The summed E-state index contributed by atoms with van der Waals surface area (Å²) >= 11 is 0. The largest absolute Gasteiger partial charge is 0.481 e. The van der Waals surface area contributed by atoms with Gasteiger partial charge in [-0.25, -0.2) is 0 Å². The fourth-order valence-electron chi connectivity index (χ4n) is 2.84. The molecule has 140 valence electrons. The number of hydrogen-bond donors (Lipinski definition) is 2. The van der Waals surface area contributed by atoms with Crippen molar-refractivity contribution in [3.05, 3.63) is 12.2 Å². The quantitative estimate of drug-likeness (QED) is 0.282. The third kappa shape index (κ3) is 15.6.